The summed E-state index contributed by atoms with van der Waals surface area (Å²) in [7, 11) is 0. The van der Waals surface area contributed by atoms with Gasteiger partial charge in [0.25, 0.3) is 5.91 Å². The number of benzene rings is 2. The molecular weight excluding hydrogens is 363 g/mol. The second-order valence-corrected chi connectivity index (χ2v) is 7.01. The largest absolute Gasteiger partial charge is 0.454 e. The molecule has 0 atom stereocenters. The van der Waals surface area contributed by atoms with Gasteiger partial charge in [0.1, 0.15) is 5.82 Å². The molecule has 28 heavy (non-hydrogen) atoms. The van der Waals surface area contributed by atoms with Crippen LogP contribution in [0.4, 0.5) is 4.39 Å². The lowest BCUT2D eigenvalue weighted by molar-refractivity contribution is -0.121. The molecule has 0 bridgehead atoms. The molecule has 7 heteroatoms. The summed E-state index contributed by atoms with van der Waals surface area (Å²) in [6, 6.07) is 11.2. The minimum absolute atomic E-state index is 0.0359. The van der Waals surface area contributed by atoms with Crippen LogP contribution in [0.2, 0.25) is 0 Å². The summed E-state index contributed by atoms with van der Waals surface area (Å²) >= 11 is 0. The Bertz CT molecular complexity index is 876. The summed E-state index contributed by atoms with van der Waals surface area (Å²) in [4.78, 5) is 26.7. The van der Waals surface area contributed by atoms with Crippen molar-refractivity contribution in [2.24, 2.45) is 0 Å². The molecule has 0 aromatic heterocycles. The van der Waals surface area contributed by atoms with Gasteiger partial charge in [-0.25, -0.2) is 4.39 Å². The van der Waals surface area contributed by atoms with Crippen molar-refractivity contribution < 1.29 is 23.5 Å². The van der Waals surface area contributed by atoms with E-state index in [0.29, 0.717) is 43.0 Å². The van der Waals surface area contributed by atoms with Crippen molar-refractivity contribution in [1.82, 2.24) is 10.2 Å². The van der Waals surface area contributed by atoms with Crippen LogP contribution in [-0.2, 0) is 11.2 Å². The molecule has 2 aliphatic heterocycles. The fourth-order valence-corrected chi connectivity index (χ4v) is 3.51. The molecule has 1 N–H and O–H groups in total. The van der Waals surface area contributed by atoms with Gasteiger partial charge in [-0.2, -0.15) is 0 Å². The van der Waals surface area contributed by atoms with Crippen molar-refractivity contribution in [3.05, 3.63) is 59.4 Å². The highest BCUT2D eigenvalue weighted by Crippen LogP contribution is 2.33. The number of likely N-dealkylation sites (tertiary alicyclic amines) is 1. The first-order valence-electron chi connectivity index (χ1n) is 9.31. The summed E-state index contributed by atoms with van der Waals surface area (Å²) < 4.78 is 23.5. The Labute approximate surface area is 162 Å². The van der Waals surface area contributed by atoms with Gasteiger partial charge < -0.3 is 19.7 Å². The highest BCUT2D eigenvalue weighted by atomic mass is 19.1. The van der Waals surface area contributed by atoms with Crippen LogP contribution in [0.3, 0.4) is 0 Å². The zero-order valence-corrected chi connectivity index (χ0v) is 15.3. The van der Waals surface area contributed by atoms with Gasteiger partial charge in [-0.1, -0.05) is 12.1 Å². The molecule has 2 amide bonds. The molecule has 2 aromatic carbocycles. The van der Waals surface area contributed by atoms with Crippen LogP contribution < -0.4 is 14.8 Å². The average molecular weight is 384 g/mol. The molecule has 1 fully saturated rings. The second kappa shape index (κ2) is 7.88. The van der Waals surface area contributed by atoms with Crippen LogP contribution in [0, 0.1) is 5.82 Å². The molecule has 0 saturated carbocycles. The quantitative estimate of drug-likeness (QED) is 0.880. The maximum atomic E-state index is 12.9. The Kier molecular flexibility index (Phi) is 5.14. The number of nitrogens with one attached hydrogen (secondary N) is 1. The molecule has 2 heterocycles. The van der Waals surface area contributed by atoms with Crippen LogP contribution in [0.15, 0.2) is 42.5 Å². The Hall–Kier alpha value is -3.09. The summed E-state index contributed by atoms with van der Waals surface area (Å²) in [5.74, 6) is 0.790. The molecule has 6 nitrogen and oxygen atoms in total. The highest BCUT2D eigenvalue weighted by molar-refractivity contribution is 5.95. The molecule has 0 radical (unpaired) electrons. The Morgan fingerprint density at radius 3 is 2.50 bits per heavy atom. The van der Waals surface area contributed by atoms with Gasteiger partial charge in [0.15, 0.2) is 11.5 Å². The zero-order chi connectivity index (χ0) is 19.5. The highest BCUT2D eigenvalue weighted by Gasteiger charge is 2.26. The van der Waals surface area contributed by atoms with Crippen LogP contribution >= 0.6 is 0 Å². The van der Waals surface area contributed by atoms with Crippen LogP contribution in [0.25, 0.3) is 0 Å². The Morgan fingerprint density at radius 2 is 1.75 bits per heavy atom. The van der Waals surface area contributed by atoms with E-state index in [-0.39, 0.29) is 36.9 Å². The Morgan fingerprint density at radius 1 is 1.04 bits per heavy atom. The fourth-order valence-electron chi connectivity index (χ4n) is 3.51. The average Bonchev–Trinajstić information content (AvgIpc) is 3.17. The monoisotopic (exact) mass is 384 g/mol. The minimum atomic E-state index is -0.316. The van der Waals surface area contributed by atoms with Crippen molar-refractivity contribution in [3.63, 3.8) is 0 Å². The van der Waals surface area contributed by atoms with E-state index in [0.717, 1.165) is 5.56 Å². The summed E-state index contributed by atoms with van der Waals surface area (Å²) in [5, 5.41) is 3.01. The first-order chi connectivity index (χ1) is 13.6. The molecule has 146 valence electrons. The number of fused-ring (bicyclic) bond motifs is 1. The third-order valence-corrected chi connectivity index (χ3v) is 5.04. The molecule has 0 unspecified atom stereocenters. The number of hydrogen-bond donors (Lipinski definition) is 1. The van der Waals surface area contributed by atoms with Gasteiger partial charge in [0, 0.05) is 24.7 Å². The normalized spacial score (nSPS) is 16.1. The maximum Gasteiger partial charge on any atom is 0.253 e. The first kappa shape index (κ1) is 18.3. The van der Waals surface area contributed by atoms with Gasteiger partial charge in [-0.15, -0.1) is 0 Å². The van der Waals surface area contributed by atoms with Gasteiger partial charge in [0.05, 0.1) is 6.42 Å². The lowest BCUT2D eigenvalue weighted by atomic mass is 10.0. The second-order valence-electron chi connectivity index (χ2n) is 7.01. The molecule has 0 aliphatic carbocycles. The minimum Gasteiger partial charge on any atom is -0.454 e. The summed E-state index contributed by atoms with van der Waals surface area (Å²) in [6.45, 7) is 1.33. The number of amides is 2. The lowest BCUT2D eigenvalue weighted by Crippen LogP contribution is -2.46. The smallest absolute Gasteiger partial charge is 0.253 e. The lowest BCUT2D eigenvalue weighted by Gasteiger charge is -2.32. The summed E-state index contributed by atoms with van der Waals surface area (Å²) in [5.41, 5.74) is 1.34. The number of halogens is 1. The van der Waals surface area contributed by atoms with E-state index in [1.54, 1.807) is 35.2 Å². The van der Waals surface area contributed by atoms with E-state index in [2.05, 4.69) is 5.32 Å². The number of nitrogens with zero attached hydrogens (tertiary/aromatic N) is 1. The van der Waals surface area contributed by atoms with Crippen molar-refractivity contribution in [3.8, 4) is 11.5 Å². The van der Waals surface area contributed by atoms with E-state index in [1.807, 2.05) is 0 Å². The fraction of sp³-hybridized carbons (Fsp3) is 0.333. The van der Waals surface area contributed by atoms with E-state index in [1.165, 1.54) is 12.1 Å². The maximum absolute atomic E-state index is 12.9. The number of rotatable bonds is 4. The predicted molar refractivity (Wildman–Crippen MR) is 99.7 cm³/mol. The molecule has 1 saturated heterocycles. The van der Waals surface area contributed by atoms with Crippen LogP contribution in [-0.4, -0.2) is 42.6 Å². The van der Waals surface area contributed by atoms with E-state index >= 15 is 0 Å². The van der Waals surface area contributed by atoms with E-state index in [9.17, 15) is 14.0 Å². The van der Waals surface area contributed by atoms with Crippen LogP contribution in [0.5, 0.6) is 11.5 Å². The Balaban J connectivity index is 1.27. The summed E-state index contributed by atoms with van der Waals surface area (Å²) in [6.07, 6.45) is 1.62. The molecule has 2 aromatic rings. The number of carbonyl (C=O) groups excluding carboxylic acids is 2. The standard InChI is InChI=1S/C21H21FN2O4/c22-16-4-1-14(2-5-16)11-20(25)23-17-7-9-24(10-8-17)21(26)15-3-6-18-19(12-15)28-13-27-18/h1-6,12,17H,7-11,13H2,(H,23,25). The molecule has 2 aliphatic rings. The predicted octanol–water partition coefficient (Wildman–Crippen LogP) is 2.52. The SMILES string of the molecule is O=C(Cc1ccc(F)cc1)NC1CCN(C(=O)c2ccc3c(c2)OCO3)CC1. The molecular formula is C21H21FN2O4. The van der Waals surface area contributed by atoms with E-state index in [4.69, 9.17) is 9.47 Å². The number of piperidine rings is 1. The van der Waals surface area contributed by atoms with Crippen molar-refractivity contribution in [1.29, 1.82) is 0 Å². The van der Waals surface area contributed by atoms with Gasteiger partial charge in [-0.3, -0.25) is 9.59 Å². The van der Waals surface area contributed by atoms with Crippen molar-refractivity contribution >= 4 is 11.8 Å². The van der Waals surface area contributed by atoms with Gasteiger partial charge >= 0.3 is 0 Å². The third-order valence-electron chi connectivity index (χ3n) is 5.04. The number of ether oxygens (including phenoxy) is 2. The van der Waals surface area contributed by atoms with E-state index < -0.39 is 0 Å². The van der Waals surface area contributed by atoms with Gasteiger partial charge in [-0.05, 0) is 48.7 Å². The number of hydrogen-bond acceptors (Lipinski definition) is 4. The number of carbonyl (C=O) groups is 2. The third kappa shape index (κ3) is 4.08. The molecule has 0 spiro atoms. The van der Waals surface area contributed by atoms with Gasteiger partial charge in [0.2, 0.25) is 12.7 Å². The molecule has 4 rings (SSSR count). The van der Waals surface area contributed by atoms with Crippen molar-refractivity contribution in [2.75, 3.05) is 19.9 Å². The zero-order valence-electron chi connectivity index (χ0n) is 15.3. The van der Waals surface area contributed by atoms with Crippen LogP contribution in [0.1, 0.15) is 28.8 Å². The van der Waals surface area contributed by atoms with Crippen molar-refractivity contribution in [2.45, 2.75) is 25.3 Å². The first-order valence-corrected chi connectivity index (χ1v) is 9.31. The topological polar surface area (TPSA) is 67.9 Å².